The number of aryl methyl sites for hydroxylation is 1. The van der Waals surface area contributed by atoms with E-state index in [4.69, 9.17) is 0 Å². The SMILES string of the molecule is CC=C1C(c2ccc(O)cc2)=CCCc2cc(O)ccc21. The normalized spacial score (nSPS) is 16.2. The van der Waals surface area contributed by atoms with Crippen molar-refractivity contribution in [3.63, 3.8) is 0 Å². The van der Waals surface area contributed by atoms with Gasteiger partial charge in [0, 0.05) is 0 Å². The molecule has 2 N–H and O–H groups in total. The van der Waals surface area contributed by atoms with Gasteiger partial charge >= 0.3 is 0 Å². The molecule has 0 amide bonds. The predicted molar refractivity (Wildman–Crippen MR) is 86.2 cm³/mol. The first-order chi connectivity index (χ1) is 10.2. The quantitative estimate of drug-likeness (QED) is 0.804. The van der Waals surface area contributed by atoms with Crippen molar-refractivity contribution < 1.29 is 10.2 Å². The molecule has 1 aliphatic carbocycles. The van der Waals surface area contributed by atoms with Gasteiger partial charge in [-0.05, 0) is 71.9 Å². The van der Waals surface area contributed by atoms with Crippen LogP contribution in [0.4, 0.5) is 0 Å². The van der Waals surface area contributed by atoms with E-state index in [9.17, 15) is 10.2 Å². The van der Waals surface area contributed by atoms with Crippen LogP contribution in [0.15, 0.2) is 54.6 Å². The minimum absolute atomic E-state index is 0.278. The lowest BCUT2D eigenvalue weighted by Crippen LogP contribution is -1.93. The van der Waals surface area contributed by atoms with E-state index < -0.39 is 0 Å². The molecule has 0 unspecified atom stereocenters. The highest BCUT2D eigenvalue weighted by atomic mass is 16.3. The number of fused-ring (bicyclic) bond motifs is 1. The van der Waals surface area contributed by atoms with Gasteiger partial charge in [-0.2, -0.15) is 0 Å². The van der Waals surface area contributed by atoms with Gasteiger partial charge < -0.3 is 10.2 Å². The highest BCUT2D eigenvalue weighted by molar-refractivity contribution is 6.06. The van der Waals surface area contributed by atoms with Crippen LogP contribution in [-0.2, 0) is 6.42 Å². The molecule has 0 saturated heterocycles. The van der Waals surface area contributed by atoms with E-state index in [0.717, 1.165) is 18.4 Å². The van der Waals surface area contributed by atoms with E-state index in [2.05, 4.69) is 12.2 Å². The lowest BCUT2D eigenvalue weighted by atomic mass is 9.91. The van der Waals surface area contributed by atoms with Crippen LogP contribution in [0.1, 0.15) is 30.0 Å². The standard InChI is InChI=1S/C19H18O2/c1-2-17-18(13-6-8-15(20)9-7-13)5-3-4-14-12-16(21)10-11-19(14)17/h2,5-12,20-21H,3-4H2,1H3. The summed E-state index contributed by atoms with van der Waals surface area (Å²) in [7, 11) is 0. The Morgan fingerprint density at radius 3 is 2.38 bits per heavy atom. The molecule has 0 aromatic heterocycles. The van der Waals surface area contributed by atoms with E-state index in [1.54, 1.807) is 18.2 Å². The van der Waals surface area contributed by atoms with Gasteiger partial charge in [0.25, 0.3) is 0 Å². The summed E-state index contributed by atoms with van der Waals surface area (Å²) >= 11 is 0. The van der Waals surface area contributed by atoms with Crippen molar-refractivity contribution in [2.75, 3.05) is 0 Å². The molecule has 2 aromatic carbocycles. The number of hydrogen-bond acceptors (Lipinski definition) is 2. The molecule has 0 aliphatic heterocycles. The van der Waals surface area contributed by atoms with Crippen molar-refractivity contribution in [1.29, 1.82) is 0 Å². The summed E-state index contributed by atoms with van der Waals surface area (Å²) in [5.74, 6) is 0.595. The summed E-state index contributed by atoms with van der Waals surface area (Å²) in [6, 6.07) is 12.9. The van der Waals surface area contributed by atoms with E-state index in [1.165, 1.54) is 22.3 Å². The second-order valence-corrected chi connectivity index (χ2v) is 5.25. The lowest BCUT2D eigenvalue weighted by Gasteiger charge is -2.14. The van der Waals surface area contributed by atoms with Crippen LogP contribution < -0.4 is 0 Å². The number of allylic oxidation sites excluding steroid dienone is 4. The van der Waals surface area contributed by atoms with Crippen LogP contribution in [0.2, 0.25) is 0 Å². The topological polar surface area (TPSA) is 40.5 Å². The molecular weight excluding hydrogens is 260 g/mol. The molecule has 0 heterocycles. The van der Waals surface area contributed by atoms with Crippen LogP contribution in [0.5, 0.6) is 11.5 Å². The Kier molecular flexibility index (Phi) is 3.53. The second kappa shape index (κ2) is 5.49. The molecule has 3 rings (SSSR count). The number of phenolic OH excluding ortho intramolecular Hbond substituents is 2. The van der Waals surface area contributed by atoms with Gasteiger partial charge in [0.05, 0.1) is 0 Å². The van der Waals surface area contributed by atoms with Crippen molar-refractivity contribution in [3.8, 4) is 11.5 Å². The average molecular weight is 278 g/mol. The molecule has 0 radical (unpaired) electrons. The number of rotatable bonds is 1. The fraction of sp³-hybridized carbons (Fsp3) is 0.158. The van der Waals surface area contributed by atoms with Crippen molar-refractivity contribution in [3.05, 3.63) is 71.3 Å². The molecule has 0 fully saturated rings. The maximum atomic E-state index is 9.69. The monoisotopic (exact) mass is 278 g/mol. The molecule has 1 aliphatic rings. The second-order valence-electron chi connectivity index (χ2n) is 5.25. The smallest absolute Gasteiger partial charge is 0.115 e. The summed E-state index contributed by atoms with van der Waals surface area (Å²) in [5, 5.41) is 19.1. The van der Waals surface area contributed by atoms with Gasteiger partial charge in [-0.1, -0.05) is 30.4 Å². The van der Waals surface area contributed by atoms with Gasteiger partial charge in [0.2, 0.25) is 0 Å². The third-order valence-corrected chi connectivity index (χ3v) is 3.90. The molecule has 21 heavy (non-hydrogen) atoms. The predicted octanol–water partition coefficient (Wildman–Crippen LogP) is 4.53. The van der Waals surface area contributed by atoms with Gasteiger partial charge in [-0.15, -0.1) is 0 Å². The average Bonchev–Trinajstić information content (AvgIpc) is 2.66. The molecule has 2 aromatic rings. The Morgan fingerprint density at radius 1 is 0.952 bits per heavy atom. The third kappa shape index (κ3) is 2.57. The van der Waals surface area contributed by atoms with Crippen molar-refractivity contribution in [2.45, 2.75) is 19.8 Å². The number of hydrogen-bond donors (Lipinski definition) is 2. The van der Waals surface area contributed by atoms with Crippen LogP contribution in [0.3, 0.4) is 0 Å². The maximum absolute atomic E-state index is 9.69. The van der Waals surface area contributed by atoms with Crippen molar-refractivity contribution in [1.82, 2.24) is 0 Å². The molecule has 0 bridgehead atoms. The molecule has 106 valence electrons. The van der Waals surface area contributed by atoms with Gasteiger partial charge in [-0.3, -0.25) is 0 Å². The highest BCUT2D eigenvalue weighted by Crippen LogP contribution is 2.37. The largest absolute Gasteiger partial charge is 0.508 e. The summed E-state index contributed by atoms with van der Waals surface area (Å²) in [6.07, 6.45) is 6.20. The molecule has 0 atom stereocenters. The molecule has 2 heteroatoms. The van der Waals surface area contributed by atoms with E-state index in [0.29, 0.717) is 5.75 Å². The van der Waals surface area contributed by atoms with E-state index in [-0.39, 0.29) is 5.75 Å². The molecule has 0 saturated carbocycles. The highest BCUT2D eigenvalue weighted by Gasteiger charge is 2.16. The number of phenols is 2. The zero-order valence-corrected chi connectivity index (χ0v) is 12.0. The van der Waals surface area contributed by atoms with Crippen LogP contribution in [0, 0.1) is 0 Å². The zero-order valence-electron chi connectivity index (χ0n) is 12.0. The van der Waals surface area contributed by atoms with Gasteiger partial charge in [0.15, 0.2) is 0 Å². The van der Waals surface area contributed by atoms with Gasteiger partial charge in [-0.25, -0.2) is 0 Å². The Hall–Kier alpha value is -2.48. The van der Waals surface area contributed by atoms with Gasteiger partial charge in [0.1, 0.15) is 11.5 Å². The first kappa shape index (κ1) is 13.5. The van der Waals surface area contributed by atoms with Crippen LogP contribution in [-0.4, -0.2) is 10.2 Å². The number of benzene rings is 2. The fourth-order valence-electron chi connectivity index (χ4n) is 2.90. The molecular formula is C19H18O2. The third-order valence-electron chi connectivity index (χ3n) is 3.90. The summed E-state index contributed by atoms with van der Waals surface area (Å²) in [4.78, 5) is 0. The molecule has 2 nitrogen and oxygen atoms in total. The minimum atomic E-state index is 0.278. The minimum Gasteiger partial charge on any atom is -0.508 e. The summed E-state index contributed by atoms with van der Waals surface area (Å²) < 4.78 is 0. The summed E-state index contributed by atoms with van der Waals surface area (Å²) in [6.45, 7) is 2.03. The Balaban J connectivity index is 2.12. The van der Waals surface area contributed by atoms with Crippen LogP contribution in [0.25, 0.3) is 11.1 Å². The first-order valence-corrected chi connectivity index (χ1v) is 7.17. The summed E-state index contributed by atoms with van der Waals surface area (Å²) in [5.41, 5.74) is 5.80. The van der Waals surface area contributed by atoms with Crippen molar-refractivity contribution in [2.24, 2.45) is 0 Å². The fourth-order valence-corrected chi connectivity index (χ4v) is 2.90. The maximum Gasteiger partial charge on any atom is 0.115 e. The Morgan fingerprint density at radius 2 is 1.67 bits per heavy atom. The molecule has 0 spiro atoms. The van der Waals surface area contributed by atoms with Crippen LogP contribution >= 0.6 is 0 Å². The van der Waals surface area contributed by atoms with E-state index >= 15 is 0 Å². The zero-order chi connectivity index (χ0) is 14.8. The first-order valence-electron chi connectivity index (χ1n) is 7.17. The van der Waals surface area contributed by atoms with E-state index in [1.807, 2.05) is 31.2 Å². The Labute approximate surface area is 124 Å². The van der Waals surface area contributed by atoms with Crippen molar-refractivity contribution >= 4 is 11.1 Å². The Bertz CT molecular complexity index is 722. The number of aromatic hydroxyl groups is 2. The lowest BCUT2D eigenvalue weighted by molar-refractivity contribution is 0.474.